The highest BCUT2D eigenvalue weighted by Gasteiger charge is 2.63. The third-order valence-corrected chi connectivity index (χ3v) is 7.12. The van der Waals surface area contributed by atoms with E-state index in [1.54, 1.807) is 0 Å². The van der Waals surface area contributed by atoms with Gasteiger partial charge in [-0.1, -0.05) is 30.3 Å². The first-order valence-corrected chi connectivity index (χ1v) is 10.0. The Kier molecular flexibility index (Phi) is 3.27. The summed E-state index contributed by atoms with van der Waals surface area (Å²) >= 11 is 1.44. The second-order valence-corrected chi connectivity index (χ2v) is 8.42. The van der Waals surface area contributed by atoms with Crippen LogP contribution in [0, 0.1) is 11.8 Å². The summed E-state index contributed by atoms with van der Waals surface area (Å²) in [5.41, 5.74) is 2.21. The Morgan fingerprint density at radius 3 is 2.93 bits per heavy atom. The number of carbonyl (C=O) groups is 2. The Hall–Kier alpha value is -2.28. The van der Waals surface area contributed by atoms with Crippen molar-refractivity contribution in [1.29, 1.82) is 0 Å². The van der Waals surface area contributed by atoms with Crippen LogP contribution in [0.25, 0.3) is 6.08 Å². The molecule has 4 aliphatic rings. The minimum atomic E-state index is -0.785. The van der Waals surface area contributed by atoms with Crippen LogP contribution in [0.4, 0.5) is 0 Å². The van der Waals surface area contributed by atoms with Crippen molar-refractivity contribution in [2.24, 2.45) is 11.8 Å². The molecule has 2 aromatic rings. The molecule has 0 radical (unpaired) electrons. The van der Waals surface area contributed by atoms with E-state index >= 15 is 0 Å². The van der Waals surface area contributed by atoms with Crippen LogP contribution in [0.15, 0.2) is 48.0 Å². The molecule has 1 aromatic heterocycles. The summed E-state index contributed by atoms with van der Waals surface area (Å²) in [6.45, 7) is 0.373. The summed E-state index contributed by atoms with van der Waals surface area (Å²) in [5, 5.41) is 1.91. The smallest absolute Gasteiger partial charge is 0.218 e. The largest absolute Gasteiger partial charge is 0.359 e. The van der Waals surface area contributed by atoms with Crippen LogP contribution in [0.5, 0.6) is 0 Å². The van der Waals surface area contributed by atoms with Gasteiger partial charge in [0.1, 0.15) is 0 Å². The molecule has 1 aromatic carbocycles. The predicted molar refractivity (Wildman–Crippen MR) is 99.1 cm³/mol. The molecule has 2 bridgehead atoms. The van der Waals surface area contributed by atoms with Crippen molar-refractivity contribution < 1.29 is 19.1 Å². The van der Waals surface area contributed by atoms with Gasteiger partial charge in [-0.3, -0.25) is 9.59 Å². The lowest BCUT2D eigenvalue weighted by Crippen LogP contribution is -2.47. The summed E-state index contributed by atoms with van der Waals surface area (Å²) in [5.74, 6) is -0.466. The van der Waals surface area contributed by atoms with Crippen molar-refractivity contribution in [1.82, 2.24) is 4.90 Å². The highest BCUT2D eigenvalue weighted by molar-refractivity contribution is 7.12. The zero-order valence-corrected chi connectivity index (χ0v) is 15.2. The minimum absolute atomic E-state index is 0.0321. The Morgan fingerprint density at radius 1 is 1.19 bits per heavy atom. The van der Waals surface area contributed by atoms with Crippen molar-refractivity contribution in [2.75, 3.05) is 6.61 Å². The third-order valence-electron chi connectivity index (χ3n) is 6.24. The van der Waals surface area contributed by atoms with Gasteiger partial charge in [0.25, 0.3) is 0 Å². The number of hydrogen-bond donors (Lipinski definition) is 0. The molecule has 6 rings (SSSR count). The van der Waals surface area contributed by atoms with Crippen LogP contribution >= 0.6 is 11.3 Å². The monoisotopic (exact) mass is 379 g/mol. The van der Waals surface area contributed by atoms with Gasteiger partial charge in [-0.25, -0.2) is 0 Å². The van der Waals surface area contributed by atoms with Gasteiger partial charge in [-0.05, 0) is 28.6 Å². The average molecular weight is 379 g/mol. The van der Waals surface area contributed by atoms with E-state index in [1.165, 1.54) is 11.3 Å². The molecule has 3 saturated heterocycles. The Balaban J connectivity index is 1.53. The van der Waals surface area contributed by atoms with E-state index in [1.807, 2.05) is 41.9 Å². The normalized spacial score (nSPS) is 35.7. The number of fused-ring (bicyclic) bond motifs is 8. The summed E-state index contributed by atoms with van der Waals surface area (Å²) in [4.78, 5) is 29.4. The average Bonchev–Trinajstić information content (AvgIpc) is 3.43. The molecular formula is C21H17NO4S. The van der Waals surface area contributed by atoms with Crippen LogP contribution in [0.2, 0.25) is 0 Å². The maximum atomic E-state index is 13.4. The zero-order valence-electron chi connectivity index (χ0n) is 14.4. The van der Waals surface area contributed by atoms with E-state index < -0.39 is 12.3 Å². The SMILES string of the molecule is O=C1C2OCC(O2)[C@@H]2[C@@H]1[C@@H]1c3ccccc3C=CN1[C@@H]2C(=O)c1cccs1. The van der Waals surface area contributed by atoms with E-state index in [2.05, 4.69) is 17.0 Å². The van der Waals surface area contributed by atoms with Gasteiger partial charge in [0.05, 0.1) is 35.6 Å². The molecule has 3 fully saturated rings. The topological polar surface area (TPSA) is 55.8 Å². The minimum Gasteiger partial charge on any atom is -0.359 e. The maximum Gasteiger partial charge on any atom is 0.218 e. The molecule has 0 aliphatic carbocycles. The molecule has 27 heavy (non-hydrogen) atoms. The number of carbonyl (C=O) groups excluding carboxylic acids is 2. The second kappa shape index (κ2) is 5.61. The molecule has 6 atom stereocenters. The molecule has 0 spiro atoms. The highest BCUT2D eigenvalue weighted by Crippen LogP contribution is 2.54. The standard InChI is InChI=1S/C21H17NO4S/c23-19(14-6-3-9-27-14)18-15-13-10-25-21(26-13)20(24)16(15)17-12-5-2-1-4-11(12)7-8-22(17)18/h1-9,13,15-18,21H,10H2/t13?,15-,16-,17+,18+,21?/m1/s1. The highest BCUT2D eigenvalue weighted by atomic mass is 32.1. The summed E-state index contributed by atoms with van der Waals surface area (Å²) in [7, 11) is 0. The third kappa shape index (κ3) is 2.06. The van der Waals surface area contributed by atoms with Crippen molar-refractivity contribution in [3.8, 4) is 0 Å². The number of ether oxygens (including phenoxy) is 2. The molecule has 6 heteroatoms. The molecule has 4 aliphatic heterocycles. The summed E-state index contributed by atoms with van der Waals surface area (Å²) in [6.07, 6.45) is 3.02. The number of nitrogens with zero attached hydrogens (tertiary/aromatic N) is 1. The molecule has 0 amide bonds. The lowest BCUT2D eigenvalue weighted by atomic mass is 9.76. The van der Waals surface area contributed by atoms with Crippen molar-refractivity contribution >= 4 is 29.0 Å². The zero-order chi connectivity index (χ0) is 18.1. The molecule has 5 nitrogen and oxygen atoms in total. The molecular weight excluding hydrogens is 362 g/mol. The lowest BCUT2D eigenvalue weighted by molar-refractivity contribution is -0.164. The predicted octanol–water partition coefficient (Wildman–Crippen LogP) is 2.90. The fourth-order valence-electron chi connectivity index (χ4n) is 5.18. The first-order valence-electron chi connectivity index (χ1n) is 9.17. The number of ketones is 2. The number of hydrogen-bond acceptors (Lipinski definition) is 6. The van der Waals surface area contributed by atoms with Gasteiger partial charge in [0.15, 0.2) is 11.6 Å². The van der Waals surface area contributed by atoms with Crippen molar-refractivity contribution in [3.05, 3.63) is 64.0 Å². The van der Waals surface area contributed by atoms with Gasteiger partial charge in [0.2, 0.25) is 6.29 Å². The Bertz CT molecular complexity index is 968. The Morgan fingerprint density at radius 2 is 2.07 bits per heavy atom. The lowest BCUT2D eigenvalue weighted by Gasteiger charge is -2.34. The Labute approximate surface area is 160 Å². The van der Waals surface area contributed by atoms with E-state index in [9.17, 15) is 9.59 Å². The molecule has 2 unspecified atom stereocenters. The van der Waals surface area contributed by atoms with Crippen molar-refractivity contribution in [2.45, 2.75) is 24.5 Å². The van der Waals surface area contributed by atoms with Gasteiger partial charge in [0, 0.05) is 12.1 Å². The van der Waals surface area contributed by atoms with E-state index in [-0.39, 0.29) is 35.5 Å². The number of thiophene rings is 1. The first kappa shape index (κ1) is 15.7. The quantitative estimate of drug-likeness (QED) is 0.751. The van der Waals surface area contributed by atoms with Crippen LogP contribution < -0.4 is 0 Å². The van der Waals surface area contributed by atoms with E-state index in [0.717, 1.165) is 16.0 Å². The molecule has 136 valence electrons. The number of Topliss-reactive ketones (excluding diaryl/α,β-unsaturated/α-hetero) is 2. The summed E-state index contributed by atoms with van der Waals surface area (Å²) < 4.78 is 11.4. The van der Waals surface area contributed by atoms with E-state index in [0.29, 0.717) is 6.61 Å². The fourth-order valence-corrected chi connectivity index (χ4v) is 5.88. The molecule has 0 N–H and O–H groups in total. The van der Waals surface area contributed by atoms with Gasteiger partial charge in [-0.15, -0.1) is 11.3 Å². The molecule has 5 heterocycles. The number of benzene rings is 1. The van der Waals surface area contributed by atoms with E-state index in [4.69, 9.17) is 9.47 Å². The summed E-state index contributed by atoms with van der Waals surface area (Å²) in [6, 6.07) is 11.3. The van der Waals surface area contributed by atoms with Gasteiger partial charge in [-0.2, -0.15) is 0 Å². The maximum absolute atomic E-state index is 13.4. The second-order valence-electron chi connectivity index (χ2n) is 7.47. The van der Waals surface area contributed by atoms with Crippen LogP contribution in [-0.2, 0) is 14.3 Å². The molecule has 0 saturated carbocycles. The van der Waals surface area contributed by atoms with Crippen LogP contribution in [0.3, 0.4) is 0 Å². The van der Waals surface area contributed by atoms with Crippen LogP contribution in [0.1, 0.15) is 26.8 Å². The van der Waals surface area contributed by atoms with Crippen LogP contribution in [-0.4, -0.2) is 41.5 Å². The number of rotatable bonds is 2. The van der Waals surface area contributed by atoms with Gasteiger partial charge < -0.3 is 14.4 Å². The fraction of sp³-hybridized carbons (Fsp3) is 0.333. The first-order chi connectivity index (χ1) is 13.2. The van der Waals surface area contributed by atoms with Crippen molar-refractivity contribution in [3.63, 3.8) is 0 Å². The van der Waals surface area contributed by atoms with Gasteiger partial charge >= 0.3 is 0 Å².